The fraction of sp³-hybridized carbons (Fsp3) is 0.0769. The Hall–Kier alpha value is -1.85. The fourth-order valence-electron chi connectivity index (χ4n) is 1.93. The Morgan fingerprint density at radius 3 is 2.95 bits per heavy atom. The molecule has 96 valence electrons. The molecule has 19 heavy (non-hydrogen) atoms. The SMILES string of the molecule is O=C(O)c1ccc2c(Cl)nc(Cc3cccs3)n2c1. The fourth-order valence-corrected chi connectivity index (χ4v) is 2.88. The van der Waals surface area contributed by atoms with Crippen molar-refractivity contribution >= 4 is 34.4 Å². The highest BCUT2D eigenvalue weighted by molar-refractivity contribution is 7.09. The third kappa shape index (κ3) is 2.22. The first-order valence-electron chi connectivity index (χ1n) is 5.57. The van der Waals surface area contributed by atoms with Crippen molar-refractivity contribution in [3.05, 3.63) is 57.3 Å². The van der Waals surface area contributed by atoms with Crippen molar-refractivity contribution in [1.82, 2.24) is 9.38 Å². The standard InChI is InChI=1S/C13H9ClN2O2S/c14-12-10-4-3-8(13(17)18)7-16(10)11(15-12)6-9-2-1-5-19-9/h1-5,7H,6H2,(H,17,18). The topological polar surface area (TPSA) is 54.6 Å². The van der Waals surface area contributed by atoms with E-state index in [0.29, 0.717) is 11.6 Å². The number of aromatic nitrogens is 2. The van der Waals surface area contributed by atoms with Gasteiger partial charge >= 0.3 is 5.97 Å². The molecule has 0 aliphatic heterocycles. The Bertz CT molecular complexity index is 749. The van der Waals surface area contributed by atoms with E-state index in [-0.39, 0.29) is 5.56 Å². The molecule has 0 radical (unpaired) electrons. The van der Waals surface area contributed by atoms with E-state index in [1.807, 2.05) is 17.5 Å². The minimum absolute atomic E-state index is 0.217. The molecule has 0 aromatic carbocycles. The van der Waals surface area contributed by atoms with Crippen LogP contribution in [-0.2, 0) is 6.42 Å². The highest BCUT2D eigenvalue weighted by Gasteiger charge is 2.12. The molecule has 1 N–H and O–H groups in total. The number of nitrogens with zero attached hydrogens (tertiary/aromatic N) is 2. The second-order valence-electron chi connectivity index (χ2n) is 4.05. The molecule has 0 fully saturated rings. The zero-order valence-corrected chi connectivity index (χ0v) is 11.3. The van der Waals surface area contributed by atoms with Crippen LogP contribution in [0, 0.1) is 0 Å². The van der Waals surface area contributed by atoms with Gasteiger partial charge in [-0.2, -0.15) is 0 Å². The maximum absolute atomic E-state index is 11.0. The molecule has 0 saturated carbocycles. The number of hydrogen-bond acceptors (Lipinski definition) is 3. The summed E-state index contributed by atoms with van der Waals surface area (Å²) in [6.07, 6.45) is 2.19. The third-order valence-electron chi connectivity index (χ3n) is 2.82. The van der Waals surface area contributed by atoms with E-state index in [4.69, 9.17) is 16.7 Å². The number of thiophene rings is 1. The molecule has 3 aromatic rings. The van der Waals surface area contributed by atoms with Gasteiger partial charge in [0.15, 0.2) is 5.15 Å². The Kier molecular flexibility index (Phi) is 3.00. The molecule has 0 aliphatic rings. The number of halogens is 1. The zero-order valence-electron chi connectivity index (χ0n) is 9.71. The minimum Gasteiger partial charge on any atom is -0.478 e. The zero-order chi connectivity index (χ0) is 13.4. The Morgan fingerprint density at radius 1 is 1.42 bits per heavy atom. The molecule has 0 bridgehead atoms. The van der Waals surface area contributed by atoms with Gasteiger partial charge in [-0.3, -0.25) is 0 Å². The van der Waals surface area contributed by atoms with Gasteiger partial charge in [0.25, 0.3) is 0 Å². The first-order chi connectivity index (χ1) is 9.15. The Balaban J connectivity index is 2.13. The van der Waals surface area contributed by atoms with E-state index in [9.17, 15) is 4.79 Å². The van der Waals surface area contributed by atoms with Crippen LogP contribution in [0.2, 0.25) is 5.15 Å². The van der Waals surface area contributed by atoms with Crippen LogP contribution in [0.4, 0.5) is 0 Å². The van der Waals surface area contributed by atoms with E-state index in [1.54, 1.807) is 28.0 Å². The summed E-state index contributed by atoms with van der Waals surface area (Å²) in [7, 11) is 0. The molecule has 3 rings (SSSR count). The number of fused-ring (bicyclic) bond motifs is 1. The van der Waals surface area contributed by atoms with Gasteiger partial charge in [-0.25, -0.2) is 9.78 Å². The van der Waals surface area contributed by atoms with Crippen molar-refractivity contribution in [2.24, 2.45) is 0 Å². The quantitative estimate of drug-likeness (QED) is 0.805. The summed E-state index contributed by atoms with van der Waals surface area (Å²) < 4.78 is 1.74. The van der Waals surface area contributed by atoms with Gasteiger partial charge in [-0.15, -0.1) is 11.3 Å². The van der Waals surface area contributed by atoms with E-state index < -0.39 is 5.97 Å². The lowest BCUT2D eigenvalue weighted by atomic mass is 10.2. The molecule has 4 nitrogen and oxygen atoms in total. The molecule has 0 atom stereocenters. The van der Waals surface area contributed by atoms with Crippen LogP contribution >= 0.6 is 22.9 Å². The van der Waals surface area contributed by atoms with Gasteiger partial charge in [0.2, 0.25) is 0 Å². The average Bonchev–Trinajstić information content (AvgIpc) is 2.99. The van der Waals surface area contributed by atoms with Crippen molar-refractivity contribution in [3.63, 3.8) is 0 Å². The first-order valence-corrected chi connectivity index (χ1v) is 6.83. The smallest absolute Gasteiger partial charge is 0.337 e. The molecule has 3 aromatic heterocycles. The van der Waals surface area contributed by atoms with E-state index in [0.717, 1.165) is 16.2 Å². The van der Waals surface area contributed by atoms with E-state index in [1.165, 1.54) is 6.07 Å². The summed E-state index contributed by atoms with van der Waals surface area (Å²) in [6.45, 7) is 0. The van der Waals surface area contributed by atoms with Crippen molar-refractivity contribution in [1.29, 1.82) is 0 Å². The Morgan fingerprint density at radius 2 is 2.26 bits per heavy atom. The maximum atomic E-state index is 11.0. The van der Waals surface area contributed by atoms with Gasteiger partial charge in [0.05, 0.1) is 11.1 Å². The summed E-state index contributed by atoms with van der Waals surface area (Å²) >= 11 is 7.71. The van der Waals surface area contributed by atoms with E-state index in [2.05, 4.69) is 4.98 Å². The largest absolute Gasteiger partial charge is 0.478 e. The molecule has 0 saturated heterocycles. The molecule has 0 spiro atoms. The normalized spacial score (nSPS) is 11.0. The first kappa shape index (κ1) is 12.2. The molecule has 6 heteroatoms. The molecular formula is C13H9ClN2O2S. The highest BCUT2D eigenvalue weighted by Crippen LogP contribution is 2.22. The molecular weight excluding hydrogens is 284 g/mol. The minimum atomic E-state index is -0.964. The highest BCUT2D eigenvalue weighted by atomic mass is 35.5. The monoisotopic (exact) mass is 292 g/mol. The third-order valence-corrected chi connectivity index (χ3v) is 3.98. The van der Waals surface area contributed by atoms with Crippen molar-refractivity contribution in [3.8, 4) is 0 Å². The number of imidazole rings is 1. The summed E-state index contributed by atoms with van der Waals surface area (Å²) in [5.41, 5.74) is 0.937. The van der Waals surface area contributed by atoms with Gasteiger partial charge in [-0.1, -0.05) is 17.7 Å². The number of carboxylic acid groups (broad SMARTS) is 1. The van der Waals surface area contributed by atoms with Gasteiger partial charge in [-0.05, 0) is 23.6 Å². The van der Waals surface area contributed by atoms with Crippen LogP contribution in [0.3, 0.4) is 0 Å². The lowest BCUT2D eigenvalue weighted by Crippen LogP contribution is -2.01. The number of hydrogen-bond donors (Lipinski definition) is 1. The molecule has 3 heterocycles. The number of rotatable bonds is 3. The lowest BCUT2D eigenvalue weighted by molar-refractivity contribution is 0.0696. The number of carbonyl (C=O) groups is 1. The van der Waals surface area contributed by atoms with Crippen molar-refractivity contribution in [2.45, 2.75) is 6.42 Å². The van der Waals surface area contributed by atoms with Crippen molar-refractivity contribution < 1.29 is 9.90 Å². The predicted molar refractivity (Wildman–Crippen MR) is 74.3 cm³/mol. The predicted octanol–water partition coefficient (Wildman–Crippen LogP) is 3.34. The number of carboxylic acids is 1. The van der Waals surface area contributed by atoms with Gasteiger partial charge in [0, 0.05) is 17.5 Å². The summed E-state index contributed by atoms with van der Waals surface area (Å²) in [5, 5.41) is 11.4. The van der Waals surface area contributed by atoms with Gasteiger partial charge < -0.3 is 9.51 Å². The van der Waals surface area contributed by atoms with Crippen LogP contribution in [-0.4, -0.2) is 20.5 Å². The van der Waals surface area contributed by atoms with Crippen LogP contribution in [0.15, 0.2) is 35.8 Å². The average molecular weight is 293 g/mol. The van der Waals surface area contributed by atoms with Crippen molar-refractivity contribution in [2.75, 3.05) is 0 Å². The maximum Gasteiger partial charge on any atom is 0.337 e. The Labute approximate surface area is 117 Å². The summed E-state index contributed by atoms with van der Waals surface area (Å²) in [6, 6.07) is 7.19. The number of pyridine rings is 1. The molecule has 0 aliphatic carbocycles. The van der Waals surface area contributed by atoms with Crippen LogP contribution in [0.1, 0.15) is 21.1 Å². The molecule has 0 amide bonds. The summed E-state index contributed by atoms with van der Waals surface area (Å²) in [5.74, 6) is -0.223. The number of aromatic carboxylic acids is 1. The van der Waals surface area contributed by atoms with Crippen LogP contribution in [0.25, 0.3) is 5.52 Å². The lowest BCUT2D eigenvalue weighted by Gasteiger charge is -2.01. The van der Waals surface area contributed by atoms with Crippen LogP contribution in [0.5, 0.6) is 0 Å². The molecule has 0 unspecified atom stereocenters. The van der Waals surface area contributed by atoms with Gasteiger partial charge in [0.1, 0.15) is 5.82 Å². The van der Waals surface area contributed by atoms with Crippen LogP contribution < -0.4 is 0 Å². The second-order valence-corrected chi connectivity index (χ2v) is 5.44. The second kappa shape index (κ2) is 4.68. The van der Waals surface area contributed by atoms with E-state index >= 15 is 0 Å². The summed E-state index contributed by atoms with van der Waals surface area (Å²) in [4.78, 5) is 16.5.